The molecule has 16 heavy (non-hydrogen) atoms. The van der Waals surface area contributed by atoms with Gasteiger partial charge in [0.1, 0.15) is 0 Å². The summed E-state index contributed by atoms with van der Waals surface area (Å²) in [4.78, 5) is 26.1. The SMILES string of the molecule is CN1CCC(C(=O)N(C)CCCC(=O)O)C1. The third kappa shape index (κ3) is 3.81. The van der Waals surface area contributed by atoms with Gasteiger partial charge in [-0.15, -0.1) is 0 Å². The van der Waals surface area contributed by atoms with Crippen LogP contribution in [0.1, 0.15) is 19.3 Å². The number of amides is 1. The van der Waals surface area contributed by atoms with Crippen molar-refractivity contribution < 1.29 is 14.7 Å². The van der Waals surface area contributed by atoms with E-state index in [1.54, 1.807) is 11.9 Å². The number of aliphatic carboxylic acids is 1. The summed E-state index contributed by atoms with van der Waals surface area (Å²) in [6, 6.07) is 0. The van der Waals surface area contributed by atoms with Crippen LogP contribution in [0.3, 0.4) is 0 Å². The van der Waals surface area contributed by atoms with Crippen molar-refractivity contribution in [3.63, 3.8) is 0 Å². The van der Waals surface area contributed by atoms with Gasteiger partial charge in [0, 0.05) is 26.6 Å². The lowest BCUT2D eigenvalue weighted by atomic mass is 10.1. The number of likely N-dealkylation sites (tertiary alicyclic amines) is 1. The molecule has 1 N–H and O–H groups in total. The van der Waals surface area contributed by atoms with Gasteiger partial charge in [0.25, 0.3) is 0 Å². The molecule has 0 spiro atoms. The lowest BCUT2D eigenvalue weighted by Crippen LogP contribution is -2.35. The third-order valence-corrected chi connectivity index (χ3v) is 3.00. The van der Waals surface area contributed by atoms with E-state index in [0.717, 1.165) is 19.5 Å². The van der Waals surface area contributed by atoms with E-state index in [-0.39, 0.29) is 18.2 Å². The third-order valence-electron chi connectivity index (χ3n) is 3.00. The Balaban J connectivity index is 2.27. The second-order valence-corrected chi connectivity index (χ2v) is 4.50. The van der Waals surface area contributed by atoms with E-state index in [0.29, 0.717) is 13.0 Å². The predicted octanol–water partition coefficient (Wildman–Crippen LogP) is 0.261. The number of carbonyl (C=O) groups excluding carboxylic acids is 1. The van der Waals surface area contributed by atoms with Gasteiger partial charge >= 0.3 is 5.97 Å². The molecule has 0 aromatic rings. The van der Waals surface area contributed by atoms with Crippen LogP contribution in [0, 0.1) is 5.92 Å². The van der Waals surface area contributed by atoms with Crippen LogP contribution in [0.4, 0.5) is 0 Å². The van der Waals surface area contributed by atoms with Crippen LogP contribution < -0.4 is 0 Å². The summed E-state index contributed by atoms with van der Waals surface area (Å²) >= 11 is 0. The van der Waals surface area contributed by atoms with Crippen molar-refractivity contribution in [1.82, 2.24) is 9.80 Å². The minimum absolute atomic E-state index is 0.0971. The Morgan fingerprint density at radius 1 is 1.50 bits per heavy atom. The van der Waals surface area contributed by atoms with Gasteiger partial charge < -0.3 is 14.9 Å². The monoisotopic (exact) mass is 228 g/mol. The topological polar surface area (TPSA) is 60.9 Å². The Bertz CT molecular complexity index is 268. The molecule has 1 heterocycles. The van der Waals surface area contributed by atoms with E-state index >= 15 is 0 Å². The first-order chi connectivity index (χ1) is 7.50. The zero-order valence-corrected chi connectivity index (χ0v) is 9.98. The van der Waals surface area contributed by atoms with E-state index in [2.05, 4.69) is 4.90 Å². The number of hydrogen-bond acceptors (Lipinski definition) is 3. The summed E-state index contributed by atoms with van der Waals surface area (Å²) in [7, 11) is 3.76. The van der Waals surface area contributed by atoms with E-state index in [1.165, 1.54) is 0 Å². The molecule has 1 rings (SSSR count). The fraction of sp³-hybridized carbons (Fsp3) is 0.818. The van der Waals surface area contributed by atoms with Crippen molar-refractivity contribution in [2.24, 2.45) is 5.92 Å². The molecule has 1 aliphatic heterocycles. The Morgan fingerprint density at radius 3 is 2.69 bits per heavy atom. The summed E-state index contributed by atoms with van der Waals surface area (Å²) in [6.45, 7) is 2.33. The maximum atomic E-state index is 11.9. The molecule has 1 amide bonds. The average molecular weight is 228 g/mol. The standard InChI is InChI=1S/C11H20N2O3/c1-12-7-5-9(8-12)11(16)13(2)6-3-4-10(14)15/h9H,3-8H2,1-2H3,(H,14,15). The molecular formula is C11H20N2O3. The smallest absolute Gasteiger partial charge is 0.303 e. The van der Waals surface area contributed by atoms with Crippen LogP contribution in [0.25, 0.3) is 0 Å². The zero-order chi connectivity index (χ0) is 12.1. The van der Waals surface area contributed by atoms with E-state index in [4.69, 9.17) is 5.11 Å². The van der Waals surface area contributed by atoms with E-state index in [1.807, 2.05) is 7.05 Å². The van der Waals surface area contributed by atoms with Crippen molar-refractivity contribution in [3.05, 3.63) is 0 Å². The van der Waals surface area contributed by atoms with Crippen LogP contribution >= 0.6 is 0 Å². The highest BCUT2D eigenvalue weighted by Crippen LogP contribution is 2.16. The summed E-state index contributed by atoms with van der Waals surface area (Å²) in [6.07, 6.45) is 1.57. The number of carboxylic acid groups (broad SMARTS) is 1. The minimum atomic E-state index is -0.804. The van der Waals surface area contributed by atoms with Gasteiger partial charge in [-0.1, -0.05) is 0 Å². The van der Waals surface area contributed by atoms with Gasteiger partial charge in [0.05, 0.1) is 5.92 Å². The number of hydrogen-bond donors (Lipinski definition) is 1. The van der Waals surface area contributed by atoms with Crippen LogP contribution in [0.15, 0.2) is 0 Å². The Hall–Kier alpha value is -1.10. The molecule has 1 fully saturated rings. The van der Waals surface area contributed by atoms with Crippen molar-refractivity contribution in [1.29, 1.82) is 0 Å². The van der Waals surface area contributed by atoms with Gasteiger partial charge in [-0.05, 0) is 26.4 Å². The first-order valence-electron chi connectivity index (χ1n) is 5.66. The van der Waals surface area contributed by atoms with Gasteiger partial charge in [-0.3, -0.25) is 9.59 Å². The van der Waals surface area contributed by atoms with Crippen LogP contribution in [0.2, 0.25) is 0 Å². The van der Waals surface area contributed by atoms with Gasteiger partial charge in [-0.25, -0.2) is 0 Å². The predicted molar refractivity (Wildman–Crippen MR) is 60.1 cm³/mol. The molecule has 0 aromatic heterocycles. The average Bonchev–Trinajstić information content (AvgIpc) is 2.63. The van der Waals surface area contributed by atoms with Crippen molar-refractivity contribution in [2.75, 3.05) is 33.7 Å². The summed E-state index contributed by atoms with van der Waals surface area (Å²) in [5.74, 6) is -0.559. The molecule has 1 atom stereocenters. The lowest BCUT2D eigenvalue weighted by molar-refractivity contribution is -0.138. The molecule has 1 aliphatic rings. The molecule has 0 saturated carbocycles. The summed E-state index contributed by atoms with van der Waals surface area (Å²) in [5, 5.41) is 8.50. The van der Waals surface area contributed by atoms with Crippen LogP contribution in [0.5, 0.6) is 0 Å². The summed E-state index contributed by atoms with van der Waals surface area (Å²) < 4.78 is 0. The van der Waals surface area contributed by atoms with Crippen LogP contribution in [-0.4, -0.2) is 60.5 Å². The number of rotatable bonds is 5. The Morgan fingerprint density at radius 2 is 2.19 bits per heavy atom. The fourth-order valence-corrected chi connectivity index (χ4v) is 2.03. The second-order valence-electron chi connectivity index (χ2n) is 4.50. The Labute approximate surface area is 96.0 Å². The molecule has 5 nitrogen and oxygen atoms in total. The maximum absolute atomic E-state index is 11.9. The van der Waals surface area contributed by atoms with Crippen molar-refractivity contribution >= 4 is 11.9 Å². The quantitative estimate of drug-likeness (QED) is 0.733. The van der Waals surface area contributed by atoms with Gasteiger partial charge in [-0.2, -0.15) is 0 Å². The molecule has 0 aromatic carbocycles. The Kier molecular flexibility index (Phi) is 4.73. The molecule has 1 unspecified atom stereocenters. The molecule has 92 valence electrons. The van der Waals surface area contributed by atoms with Crippen molar-refractivity contribution in [3.8, 4) is 0 Å². The molecule has 0 bridgehead atoms. The minimum Gasteiger partial charge on any atom is -0.481 e. The molecule has 0 radical (unpaired) electrons. The number of carboxylic acids is 1. The molecule has 0 aliphatic carbocycles. The second kappa shape index (κ2) is 5.84. The lowest BCUT2D eigenvalue weighted by Gasteiger charge is -2.20. The van der Waals surface area contributed by atoms with Crippen molar-refractivity contribution in [2.45, 2.75) is 19.3 Å². The first kappa shape index (κ1) is 13.0. The van der Waals surface area contributed by atoms with Gasteiger partial charge in [0.2, 0.25) is 5.91 Å². The van der Waals surface area contributed by atoms with E-state index < -0.39 is 5.97 Å². The fourth-order valence-electron chi connectivity index (χ4n) is 2.03. The normalized spacial score (nSPS) is 21.0. The molecule has 1 saturated heterocycles. The largest absolute Gasteiger partial charge is 0.481 e. The number of carbonyl (C=O) groups is 2. The molecular weight excluding hydrogens is 208 g/mol. The molecule has 5 heteroatoms. The van der Waals surface area contributed by atoms with Gasteiger partial charge in [0.15, 0.2) is 0 Å². The van der Waals surface area contributed by atoms with E-state index in [9.17, 15) is 9.59 Å². The zero-order valence-electron chi connectivity index (χ0n) is 9.98. The highest BCUT2D eigenvalue weighted by Gasteiger charge is 2.28. The first-order valence-corrected chi connectivity index (χ1v) is 5.66. The maximum Gasteiger partial charge on any atom is 0.303 e. The number of nitrogens with zero attached hydrogens (tertiary/aromatic N) is 2. The summed E-state index contributed by atoms with van der Waals surface area (Å²) in [5.41, 5.74) is 0. The highest BCUT2D eigenvalue weighted by atomic mass is 16.4. The highest BCUT2D eigenvalue weighted by molar-refractivity contribution is 5.79. The van der Waals surface area contributed by atoms with Crippen LogP contribution in [-0.2, 0) is 9.59 Å².